The van der Waals surface area contributed by atoms with E-state index in [1.54, 1.807) is 6.33 Å². The molecule has 6 nitrogen and oxygen atoms in total. The average molecular weight is 345 g/mol. The molecule has 0 amide bonds. The summed E-state index contributed by atoms with van der Waals surface area (Å²) in [5, 5.41) is 14.6. The highest BCUT2D eigenvalue weighted by Crippen LogP contribution is 2.37. The first-order valence-electron chi connectivity index (χ1n) is 9.04. The first kappa shape index (κ1) is 17.0. The van der Waals surface area contributed by atoms with Crippen LogP contribution in [0.2, 0.25) is 0 Å². The van der Waals surface area contributed by atoms with Crippen molar-refractivity contribution < 1.29 is 14.6 Å². The molecule has 25 heavy (non-hydrogen) atoms. The van der Waals surface area contributed by atoms with E-state index in [2.05, 4.69) is 31.1 Å². The van der Waals surface area contributed by atoms with E-state index in [-0.39, 0.29) is 23.6 Å². The SMILES string of the molecule is CC(C)(C)CCNC1C2COC(O2)C(n2cnc3ccccc32)C1O. The Kier molecular flexibility index (Phi) is 4.32. The summed E-state index contributed by atoms with van der Waals surface area (Å²) in [6.45, 7) is 8.01. The maximum atomic E-state index is 11.1. The predicted octanol–water partition coefficient (Wildman–Crippen LogP) is 2.09. The molecule has 1 aromatic heterocycles. The lowest BCUT2D eigenvalue weighted by molar-refractivity contribution is -0.164. The summed E-state index contributed by atoms with van der Waals surface area (Å²) in [5.41, 5.74) is 2.15. The lowest BCUT2D eigenvalue weighted by atomic mass is 9.91. The van der Waals surface area contributed by atoms with E-state index < -0.39 is 12.4 Å². The lowest BCUT2D eigenvalue weighted by Gasteiger charge is -2.39. The van der Waals surface area contributed by atoms with Crippen molar-refractivity contribution in [2.45, 2.75) is 57.8 Å². The van der Waals surface area contributed by atoms with Crippen LogP contribution in [0.5, 0.6) is 0 Å². The standard InChI is InChI=1S/C19H27N3O3/c1-19(2,3)8-9-20-15-14-10-24-18(25-14)16(17(15)23)22-11-21-12-6-4-5-7-13(12)22/h4-7,11,14-18,20,23H,8-10H2,1-3H3. The van der Waals surface area contributed by atoms with Gasteiger partial charge in [-0.2, -0.15) is 0 Å². The number of aliphatic hydroxyl groups excluding tert-OH is 1. The Balaban J connectivity index is 1.58. The Morgan fingerprint density at radius 2 is 2.12 bits per heavy atom. The largest absolute Gasteiger partial charge is 0.389 e. The Labute approximate surface area is 148 Å². The minimum absolute atomic E-state index is 0.106. The van der Waals surface area contributed by atoms with Crippen LogP contribution in [0.15, 0.2) is 30.6 Å². The van der Waals surface area contributed by atoms with Crippen LogP contribution in [0.3, 0.4) is 0 Å². The number of para-hydroxylation sites is 2. The molecule has 2 fully saturated rings. The number of rotatable bonds is 4. The maximum Gasteiger partial charge on any atom is 0.181 e. The van der Waals surface area contributed by atoms with Gasteiger partial charge in [-0.1, -0.05) is 32.9 Å². The van der Waals surface area contributed by atoms with Crippen LogP contribution in [0, 0.1) is 5.41 Å². The molecule has 0 saturated carbocycles. The minimum atomic E-state index is -0.594. The molecule has 2 aliphatic rings. The van der Waals surface area contributed by atoms with Crippen LogP contribution in [0.1, 0.15) is 33.2 Å². The summed E-state index contributed by atoms with van der Waals surface area (Å²) < 4.78 is 13.9. The first-order valence-corrected chi connectivity index (χ1v) is 9.04. The molecule has 5 unspecified atom stereocenters. The van der Waals surface area contributed by atoms with Crippen molar-refractivity contribution in [1.82, 2.24) is 14.9 Å². The van der Waals surface area contributed by atoms with Crippen molar-refractivity contribution in [1.29, 1.82) is 0 Å². The number of hydrogen-bond donors (Lipinski definition) is 2. The number of fused-ring (bicyclic) bond motifs is 3. The molecule has 0 radical (unpaired) electrons. The molecule has 2 N–H and O–H groups in total. The summed E-state index contributed by atoms with van der Waals surface area (Å²) in [6.07, 6.45) is 1.68. The summed E-state index contributed by atoms with van der Waals surface area (Å²) in [5.74, 6) is 0. The molecule has 2 saturated heterocycles. The van der Waals surface area contributed by atoms with E-state index in [0.29, 0.717) is 6.61 Å². The number of aromatic nitrogens is 2. The van der Waals surface area contributed by atoms with Crippen molar-refractivity contribution in [2.75, 3.05) is 13.2 Å². The van der Waals surface area contributed by atoms with E-state index >= 15 is 0 Å². The second-order valence-electron chi connectivity index (χ2n) is 8.29. The third-order valence-electron chi connectivity index (χ3n) is 5.19. The van der Waals surface area contributed by atoms with Gasteiger partial charge < -0.3 is 24.5 Å². The Morgan fingerprint density at radius 1 is 1.32 bits per heavy atom. The number of nitrogens with one attached hydrogen (secondary N) is 1. The highest BCUT2D eigenvalue weighted by Gasteiger charge is 2.50. The molecule has 136 valence electrons. The molecule has 4 rings (SSSR count). The van der Waals surface area contributed by atoms with Crippen molar-refractivity contribution in [3.8, 4) is 0 Å². The van der Waals surface area contributed by atoms with Gasteiger partial charge in [-0.25, -0.2) is 4.98 Å². The van der Waals surface area contributed by atoms with Gasteiger partial charge >= 0.3 is 0 Å². The second-order valence-corrected chi connectivity index (χ2v) is 8.29. The molecule has 6 heteroatoms. The number of hydrogen-bond acceptors (Lipinski definition) is 5. The molecular weight excluding hydrogens is 318 g/mol. The Morgan fingerprint density at radius 3 is 2.92 bits per heavy atom. The Bertz CT molecular complexity index is 739. The number of aliphatic hydroxyl groups is 1. The number of ether oxygens (including phenoxy) is 2. The van der Waals surface area contributed by atoms with E-state index in [1.807, 2.05) is 28.8 Å². The fourth-order valence-electron chi connectivity index (χ4n) is 3.78. The third kappa shape index (κ3) is 3.19. The number of nitrogens with zero attached hydrogens (tertiary/aromatic N) is 2. The quantitative estimate of drug-likeness (QED) is 0.888. The van der Waals surface area contributed by atoms with Gasteiger partial charge in [0.15, 0.2) is 6.29 Å². The minimum Gasteiger partial charge on any atom is -0.389 e. The molecule has 5 atom stereocenters. The second kappa shape index (κ2) is 6.36. The van der Waals surface area contributed by atoms with Crippen LogP contribution in [0.25, 0.3) is 11.0 Å². The third-order valence-corrected chi connectivity index (χ3v) is 5.19. The van der Waals surface area contributed by atoms with Crippen molar-refractivity contribution in [3.63, 3.8) is 0 Å². The molecule has 2 aliphatic heterocycles. The monoisotopic (exact) mass is 345 g/mol. The smallest absolute Gasteiger partial charge is 0.181 e. The van der Waals surface area contributed by atoms with Crippen molar-refractivity contribution in [3.05, 3.63) is 30.6 Å². The van der Waals surface area contributed by atoms with Crippen LogP contribution < -0.4 is 5.32 Å². The normalized spacial score (nSPS) is 32.4. The van der Waals surface area contributed by atoms with E-state index in [9.17, 15) is 5.11 Å². The van der Waals surface area contributed by atoms with Gasteiger partial charge in [0, 0.05) is 0 Å². The summed E-state index contributed by atoms with van der Waals surface area (Å²) >= 11 is 0. The summed E-state index contributed by atoms with van der Waals surface area (Å²) in [4.78, 5) is 4.45. The molecular formula is C19H27N3O3. The fourth-order valence-corrected chi connectivity index (χ4v) is 3.78. The van der Waals surface area contributed by atoms with Gasteiger partial charge in [0.25, 0.3) is 0 Å². The molecule has 2 bridgehead atoms. The summed E-state index contributed by atoms with van der Waals surface area (Å²) in [7, 11) is 0. The van der Waals surface area contributed by atoms with Crippen molar-refractivity contribution >= 4 is 11.0 Å². The highest BCUT2D eigenvalue weighted by atomic mass is 16.7. The van der Waals surface area contributed by atoms with E-state index in [0.717, 1.165) is 24.0 Å². The fraction of sp³-hybridized carbons (Fsp3) is 0.632. The van der Waals surface area contributed by atoms with Gasteiger partial charge in [0.2, 0.25) is 0 Å². The molecule has 1 aromatic carbocycles. The molecule has 0 spiro atoms. The average Bonchev–Trinajstić information content (AvgIpc) is 3.16. The zero-order valence-corrected chi connectivity index (χ0v) is 15.1. The van der Waals surface area contributed by atoms with E-state index in [1.165, 1.54) is 0 Å². The predicted molar refractivity (Wildman–Crippen MR) is 95.3 cm³/mol. The van der Waals surface area contributed by atoms with E-state index in [4.69, 9.17) is 9.47 Å². The number of imidazole rings is 1. The van der Waals surface area contributed by atoms with Crippen LogP contribution >= 0.6 is 0 Å². The topological polar surface area (TPSA) is 68.5 Å². The Hall–Kier alpha value is -1.47. The van der Waals surface area contributed by atoms with Crippen molar-refractivity contribution in [2.24, 2.45) is 5.41 Å². The van der Waals surface area contributed by atoms with Gasteiger partial charge in [-0.15, -0.1) is 0 Å². The molecule has 2 aromatic rings. The van der Waals surface area contributed by atoms with Crippen LogP contribution in [-0.2, 0) is 9.47 Å². The number of benzene rings is 1. The first-order chi connectivity index (χ1) is 11.9. The zero-order chi connectivity index (χ0) is 17.6. The molecule has 0 aliphatic carbocycles. The van der Waals surface area contributed by atoms with Gasteiger partial charge in [0.05, 0.1) is 36.1 Å². The molecule has 3 heterocycles. The van der Waals surface area contributed by atoms with Crippen LogP contribution in [0.4, 0.5) is 0 Å². The highest BCUT2D eigenvalue weighted by molar-refractivity contribution is 5.75. The lowest BCUT2D eigenvalue weighted by Crippen LogP contribution is -2.57. The van der Waals surface area contributed by atoms with Gasteiger partial charge in [-0.05, 0) is 30.5 Å². The van der Waals surface area contributed by atoms with Crippen LogP contribution in [-0.4, -0.2) is 52.3 Å². The zero-order valence-electron chi connectivity index (χ0n) is 15.1. The summed E-state index contributed by atoms with van der Waals surface area (Å²) in [6, 6.07) is 7.48. The van der Waals surface area contributed by atoms with Gasteiger partial charge in [0.1, 0.15) is 12.1 Å². The van der Waals surface area contributed by atoms with Gasteiger partial charge in [-0.3, -0.25) is 0 Å². The maximum absolute atomic E-state index is 11.1.